The predicted octanol–water partition coefficient (Wildman–Crippen LogP) is 2.44. The number of rotatable bonds is 6. The van der Waals surface area contributed by atoms with Gasteiger partial charge in [-0.1, -0.05) is 27.2 Å². The zero-order valence-electron chi connectivity index (χ0n) is 13.1. The van der Waals surface area contributed by atoms with E-state index >= 15 is 0 Å². The molecule has 0 amide bonds. The van der Waals surface area contributed by atoms with Gasteiger partial charge in [-0.05, 0) is 30.6 Å². The standard InChI is InChI=1S/C15H27NO3S/c1-5-6-9-16(4)20(18,19)11-15-8-7-12(10-13(15)17)14(15,2)3/h12H,5-11H2,1-4H3. The number of unbranched alkanes of at least 4 members (excludes halogenated alkanes) is 1. The molecule has 0 radical (unpaired) electrons. The number of ketones is 1. The lowest BCUT2D eigenvalue weighted by molar-refractivity contribution is -0.128. The van der Waals surface area contributed by atoms with E-state index in [4.69, 9.17) is 0 Å². The van der Waals surface area contributed by atoms with Crippen molar-refractivity contribution in [2.75, 3.05) is 19.3 Å². The topological polar surface area (TPSA) is 54.5 Å². The Hall–Kier alpha value is -0.420. The third-order valence-electron chi connectivity index (χ3n) is 5.87. The zero-order chi connectivity index (χ0) is 15.2. The van der Waals surface area contributed by atoms with Gasteiger partial charge < -0.3 is 0 Å². The molecular formula is C15H27NO3S. The fraction of sp³-hybridized carbons (Fsp3) is 0.933. The molecule has 2 rings (SSSR count). The molecule has 2 aliphatic carbocycles. The molecule has 0 aromatic heterocycles. The van der Waals surface area contributed by atoms with Crippen molar-refractivity contribution in [2.24, 2.45) is 16.7 Å². The van der Waals surface area contributed by atoms with Crippen LogP contribution >= 0.6 is 0 Å². The number of sulfonamides is 1. The Kier molecular flexibility index (Phi) is 4.06. The maximum Gasteiger partial charge on any atom is 0.214 e. The van der Waals surface area contributed by atoms with Crippen LogP contribution < -0.4 is 0 Å². The van der Waals surface area contributed by atoms with E-state index < -0.39 is 15.4 Å². The molecule has 116 valence electrons. The molecule has 0 aliphatic heterocycles. The van der Waals surface area contributed by atoms with Crippen molar-refractivity contribution in [1.29, 1.82) is 0 Å². The number of nitrogens with zero attached hydrogens (tertiary/aromatic N) is 1. The summed E-state index contributed by atoms with van der Waals surface area (Å²) in [5.74, 6) is 0.542. The Balaban J connectivity index is 2.22. The number of fused-ring (bicyclic) bond motifs is 2. The Labute approximate surface area is 123 Å². The molecule has 2 atom stereocenters. The molecule has 0 aromatic carbocycles. The minimum atomic E-state index is -3.35. The van der Waals surface area contributed by atoms with Gasteiger partial charge in [0.2, 0.25) is 10.0 Å². The minimum absolute atomic E-state index is 0.00253. The van der Waals surface area contributed by atoms with Gasteiger partial charge in [0.05, 0.1) is 5.75 Å². The number of carbonyl (C=O) groups is 1. The highest BCUT2D eigenvalue weighted by molar-refractivity contribution is 7.89. The summed E-state index contributed by atoms with van der Waals surface area (Å²) in [6.45, 7) is 6.76. The van der Waals surface area contributed by atoms with Gasteiger partial charge in [0.25, 0.3) is 0 Å². The van der Waals surface area contributed by atoms with Crippen LogP contribution in [0.25, 0.3) is 0 Å². The van der Waals surface area contributed by atoms with Gasteiger partial charge in [0, 0.05) is 25.4 Å². The van der Waals surface area contributed by atoms with Gasteiger partial charge in [0.1, 0.15) is 5.78 Å². The lowest BCUT2D eigenvalue weighted by atomic mass is 9.70. The van der Waals surface area contributed by atoms with Crippen LogP contribution in [0.1, 0.15) is 52.9 Å². The lowest BCUT2D eigenvalue weighted by Crippen LogP contribution is -2.45. The van der Waals surface area contributed by atoms with Crippen molar-refractivity contribution in [1.82, 2.24) is 4.31 Å². The summed E-state index contributed by atoms with van der Waals surface area (Å²) in [5, 5.41) is 0. The molecule has 0 saturated heterocycles. The summed E-state index contributed by atoms with van der Waals surface area (Å²) in [6, 6.07) is 0. The smallest absolute Gasteiger partial charge is 0.214 e. The first-order valence-electron chi connectivity index (χ1n) is 7.65. The molecular weight excluding hydrogens is 274 g/mol. The number of hydrogen-bond acceptors (Lipinski definition) is 3. The highest BCUT2D eigenvalue weighted by atomic mass is 32.2. The summed E-state index contributed by atoms with van der Waals surface area (Å²) >= 11 is 0. The Morgan fingerprint density at radius 1 is 1.35 bits per heavy atom. The minimum Gasteiger partial charge on any atom is -0.299 e. The molecule has 2 saturated carbocycles. The Morgan fingerprint density at radius 3 is 2.45 bits per heavy atom. The third-order valence-corrected chi connectivity index (χ3v) is 7.86. The van der Waals surface area contributed by atoms with Crippen molar-refractivity contribution in [3.8, 4) is 0 Å². The maximum absolute atomic E-state index is 12.6. The molecule has 20 heavy (non-hydrogen) atoms. The van der Waals surface area contributed by atoms with Crippen LogP contribution in [0.15, 0.2) is 0 Å². The van der Waals surface area contributed by atoms with Crippen molar-refractivity contribution in [2.45, 2.75) is 52.9 Å². The van der Waals surface area contributed by atoms with Crippen molar-refractivity contribution >= 4 is 15.8 Å². The predicted molar refractivity (Wildman–Crippen MR) is 79.9 cm³/mol. The first kappa shape index (κ1) is 16.0. The van der Waals surface area contributed by atoms with Crippen LogP contribution in [0.4, 0.5) is 0 Å². The van der Waals surface area contributed by atoms with Gasteiger partial charge >= 0.3 is 0 Å². The quantitative estimate of drug-likeness (QED) is 0.757. The molecule has 2 fully saturated rings. The van der Waals surface area contributed by atoms with E-state index in [0.717, 1.165) is 25.7 Å². The summed E-state index contributed by atoms with van der Waals surface area (Å²) in [4.78, 5) is 12.4. The molecule has 0 aromatic rings. The summed E-state index contributed by atoms with van der Waals surface area (Å²) in [7, 11) is -1.71. The van der Waals surface area contributed by atoms with Crippen molar-refractivity contribution in [3.05, 3.63) is 0 Å². The molecule has 0 N–H and O–H groups in total. The SMILES string of the molecule is CCCCN(C)S(=O)(=O)CC12CCC(CC1=O)C2(C)C. The molecule has 2 aliphatic rings. The summed E-state index contributed by atoms with van der Waals surface area (Å²) in [5.41, 5.74) is -0.820. The van der Waals surface area contributed by atoms with E-state index in [1.165, 1.54) is 4.31 Å². The summed E-state index contributed by atoms with van der Waals surface area (Å²) in [6.07, 6.45) is 4.14. The van der Waals surface area contributed by atoms with Gasteiger partial charge in [-0.3, -0.25) is 4.79 Å². The van der Waals surface area contributed by atoms with E-state index in [-0.39, 0.29) is 17.0 Å². The molecule has 4 nitrogen and oxygen atoms in total. The maximum atomic E-state index is 12.6. The Bertz CT molecular complexity index is 497. The number of hydrogen-bond donors (Lipinski definition) is 0. The van der Waals surface area contributed by atoms with Crippen LogP contribution in [-0.4, -0.2) is 37.9 Å². The number of carbonyl (C=O) groups excluding carboxylic acids is 1. The summed E-state index contributed by atoms with van der Waals surface area (Å²) < 4.78 is 26.6. The highest BCUT2D eigenvalue weighted by Gasteiger charge is 2.65. The van der Waals surface area contributed by atoms with E-state index in [0.29, 0.717) is 18.9 Å². The molecule has 2 unspecified atom stereocenters. The highest BCUT2D eigenvalue weighted by Crippen LogP contribution is 2.64. The van der Waals surface area contributed by atoms with Crippen LogP contribution in [-0.2, 0) is 14.8 Å². The third kappa shape index (κ3) is 2.23. The molecule has 2 bridgehead atoms. The van der Waals surface area contributed by atoms with E-state index in [9.17, 15) is 13.2 Å². The van der Waals surface area contributed by atoms with Crippen LogP contribution in [0.3, 0.4) is 0 Å². The van der Waals surface area contributed by atoms with Crippen LogP contribution in [0, 0.1) is 16.7 Å². The zero-order valence-corrected chi connectivity index (χ0v) is 13.9. The van der Waals surface area contributed by atoms with E-state index in [2.05, 4.69) is 13.8 Å². The van der Waals surface area contributed by atoms with Crippen molar-refractivity contribution < 1.29 is 13.2 Å². The first-order valence-corrected chi connectivity index (χ1v) is 9.25. The molecule has 0 spiro atoms. The van der Waals surface area contributed by atoms with Gasteiger partial charge in [-0.25, -0.2) is 12.7 Å². The second kappa shape index (κ2) is 5.09. The average Bonchev–Trinajstić information content (AvgIpc) is 2.69. The average molecular weight is 301 g/mol. The second-order valence-corrected chi connectivity index (χ2v) is 9.17. The molecule has 0 heterocycles. The van der Waals surface area contributed by atoms with E-state index in [1.54, 1.807) is 7.05 Å². The fourth-order valence-corrected chi connectivity index (χ4v) is 5.98. The van der Waals surface area contributed by atoms with Gasteiger partial charge in [0.15, 0.2) is 0 Å². The van der Waals surface area contributed by atoms with Crippen LogP contribution in [0.2, 0.25) is 0 Å². The monoisotopic (exact) mass is 301 g/mol. The lowest BCUT2D eigenvalue weighted by Gasteiger charge is -2.37. The van der Waals surface area contributed by atoms with Crippen LogP contribution in [0.5, 0.6) is 0 Å². The normalized spacial score (nSPS) is 32.2. The second-order valence-electron chi connectivity index (χ2n) is 7.10. The Morgan fingerprint density at radius 2 is 2.00 bits per heavy atom. The van der Waals surface area contributed by atoms with Gasteiger partial charge in [-0.15, -0.1) is 0 Å². The largest absolute Gasteiger partial charge is 0.299 e. The number of Topliss-reactive ketones (excluding diaryl/α,β-unsaturated/α-hetero) is 1. The fourth-order valence-electron chi connectivity index (χ4n) is 4.05. The van der Waals surface area contributed by atoms with E-state index in [1.807, 2.05) is 6.92 Å². The first-order chi connectivity index (χ1) is 9.17. The van der Waals surface area contributed by atoms with Crippen molar-refractivity contribution in [3.63, 3.8) is 0 Å². The molecule has 5 heteroatoms. The van der Waals surface area contributed by atoms with Gasteiger partial charge in [-0.2, -0.15) is 0 Å².